The normalized spacial score (nSPS) is 12.7. The zero-order valence-electron chi connectivity index (χ0n) is 9.20. The Morgan fingerprint density at radius 2 is 2.24 bits per heavy atom. The van der Waals surface area contributed by atoms with Gasteiger partial charge in [-0.15, -0.1) is 11.6 Å². The third-order valence-corrected chi connectivity index (χ3v) is 2.95. The maximum atomic E-state index is 13.5. The van der Waals surface area contributed by atoms with Gasteiger partial charge in [0.15, 0.2) is 0 Å². The quantitative estimate of drug-likeness (QED) is 0.772. The molecular formula is C12H11Cl2FN2. The van der Waals surface area contributed by atoms with E-state index >= 15 is 0 Å². The molecule has 0 spiro atoms. The van der Waals surface area contributed by atoms with Gasteiger partial charge in [-0.05, 0) is 19.1 Å². The van der Waals surface area contributed by atoms with Crippen LogP contribution < -0.4 is 0 Å². The molecule has 1 heterocycles. The summed E-state index contributed by atoms with van der Waals surface area (Å²) in [5, 5.41) is 4.42. The first-order chi connectivity index (χ1) is 8.06. The van der Waals surface area contributed by atoms with E-state index in [0.29, 0.717) is 17.1 Å². The van der Waals surface area contributed by atoms with Gasteiger partial charge in [-0.1, -0.05) is 17.7 Å². The number of aromatic nitrogens is 2. The Morgan fingerprint density at radius 3 is 2.82 bits per heavy atom. The maximum Gasteiger partial charge on any atom is 0.129 e. The molecule has 2 nitrogen and oxygen atoms in total. The number of rotatable bonds is 3. The van der Waals surface area contributed by atoms with Gasteiger partial charge in [0.05, 0.1) is 18.1 Å². The van der Waals surface area contributed by atoms with E-state index in [0.717, 1.165) is 5.56 Å². The first-order valence-corrected chi connectivity index (χ1v) is 5.98. The second-order valence-electron chi connectivity index (χ2n) is 3.82. The minimum absolute atomic E-state index is 0.0983. The van der Waals surface area contributed by atoms with E-state index in [1.807, 2.05) is 13.1 Å². The van der Waals surface area contributed by atoms with Crippen molar-refractivity contribution < 1.29 is 4.39 Å². The molecule has 17 heavy (non-hydrogen) atoms. The van der Waals surface area contributed by atoms with Gasteiger partial charge < -0.3 is 0 Å². The topological polar surface area (TPSA) is 17.8 Å². The highest BCUT2D eigenvalue weighted by molar-refractivity contribution is 6.30. The summed E-state index contributed by atoms with van der Waals surface area (Å²) in [6.45, 7) is 2.23. The summed E-state index contributed by atoms with van der Waals surface area (Å²) >= 11 is 11.6. The van der Waals surface area contributed by atoms with Crippen molar-refractivity contribution in [2.45, 2.75) is 18.8 Å². The lowest BCUT2D eigenvalue weighted by Gasteiger charge is -2.04. The average Bonchev–Trinajstić information content (AvgIpc) is 2.71. The van der Waals surface area contributed by atoms with Crippen LogP contribution in [0.4, 0.5) is 4.39 Å². The first kappa shape index (κ1) is 12.4. The van der Waals surface area contributed by atoms with Crippen LogP contribution in [0.1, 0.15) is 23.4 Å². The Morgan fingerprint density at radius 1 is 1.47 bits per heavy atom. The van der Waals surface area contributed by atoms with Crippen molar-refractivity contribution in [2.75, 3.05) is 0 Å². The van der Waals surface area contributed by atoms with Crippen molar-refractivity contribution in [1.29, 1.82) is 0 Å². The van der Waals surface area contributed by atoms with Gasteiger partial charge in [0.1, 0.15) is 5.82 Å². The van der Waals surface area contributed by atoms with Crippen molar-refractivity contribution in [3.8, 4) is 0 Å². The molecule has 2 aromatic rings. The standard InChI is InChI=1S/C12H11Cl2FN2/c1-8(13)10-5-16-17(7-10)6-9-2-3-11(14)4-12(9)15/h2-5,7-8H,6H2,1H3. The predicted octanol–water partition coefficient (Wildman–Crippen LogP) is 4.02. The third-order valence-electron chi connectivity index (χ3n) is 2.46. The molecule has 1 unspecified atom stereocenters. The lowest BCUT2D eigenvalue weighted by molar-refractivity contribution is 0.585. The van der Waals surface area contributed by atoms with E-state index in [1.54, 1.807) is 23.0 Å². The lowest BCUT2D eigenvalue weighted by atomic mass is 10.2. The zero-order valence-corrected chi connectivity index (χ0v) is 10.7. The van der Waals surface area contributed by atoms with E-state index in [2.05, 4.69) is 5.10 Å². The van der Waals surface area contributed by atoms with Crippen LogP contribution in [0.15, 0.2) is 30.6 Å². The molecule has 0 amide bonds. The van der Waals surface area contributed by atoms with E-state index in [1.165, 1.54) is 6.07 Å². The minimum atomic E-state index is -0.325. The van der Waals surface area contributed by atoms with Gasteiger partial charge in [-0.3, -0.25) is 4.68 Å². The van der Waals surface area contributed by atoms with Crippen LogP contribution >= 0.6 is 23.2 Å². The predicted molar refractivity (Wildman–Crippen MR) is 67.0 cm³/mol. The molecule has 1 aromatic carbocycles. The van der Waals surface area contributed by atoms with Crippen LogP contribution in [-0.4, -0.2) is 9.78 Å². The van der Waals surface area contributed by atoms with E-state index in [-0.39, 0.29) is 11.2 Å². The number of hydrogen-bond donors (Lipinski definition) is 0. The Balaban J connectivity index is 2.19. The number of benzene rings is 1. The molecule has 1 atom stereocenters. The largest absolute Gasteiger partial charge is 0.268 e. The fourth-order valence-electron chi connectivity index (χ4n) is 1.50. The fourth-order valence-corrected chi connectivity index (χ4v) is 1.77. The van der Waals surface area contributed by atoms with Crippen molar-refractivity contribution >= 4 is 23.2 Å². The molecule has 0 saturated carbocycles. The summed E-state index contributed by atoms with van der Waals surface area (Å²) < 4.78 is 15.2. The van der Waals surface area contributed by atoms with Gasteiger partial charge in [0.25, 0.3) is 0 Å². The van der Waals surface area contributed by atoms with E-state index < -0.39 is 0 Å². The molecule has 0 bridgehead atoms. The van der Waals surface area contributed by atoms with E-state index in [9.17, 15) is 4.39 Å². The smallest absolute Gasteiger partial charge is 0.129 e. The van der Waals surface area contributed by atoms with Gasteiger partial charge in [0.2, 0.25) is 0 Å². The molecule has 0 radical (unpaired) electrons. The molecule has 0 N–H and O–H groups in total. The summed E-state index contributed by atoms with van der Waals surface area (Å²) in [5.41, 5.74) is 1.47. The van der Waals surface area contributed by atoms with Crippen LogP contribution in [0.3, 0.4) is 0 Å². The second kappa shape index (κ2) is 5.07. The minimum Gasteiger partial charge on any atom is -0.268 e. The third kappa shape index (κ3) is 2.99. The molecule has 0 aliphatic rings. The van der Waals surface area contributed by atoms with Crippen LogP contribution in [0.25, 0.3) is 0 Å². The molecule has 0 aliphatic carbocycles. The first-order valence-electron chi connectivity index (χ1n) is 5.16. The fraction of sp³-hybridized carbons (Fsp3) is 0.250. The van der Waals surface area contributed by atoms with Gasteiger partial charge in [-0.2, -0.15) is 5.10 Å². The van der Waals surface area contributed by atoms with Crippen molar-refractivity contribution in [1.82, 2.24) is 9.78 Å². The number of nitrogens with zero attached hydrogens (tertiary/aromatic N) is 2. The van der Waals surface area contributed by atoms with Crippen LogP contribution in [0.5, 0.6) is 0 Å². The van der Waals surface area contributed by atoms with Gasteiger partial charge in [0, 0.05) is 22.3 Å². The average molecular weight is 273 g/mol. The van der Waals surface area contributed by atoms with Gasteiger partial charge in [-0.25, -0.2) is 4.39 Å². The van der Waals surface area contributed by atoms with Crippen molar-refractivity contribution in [2.24, 2.45) is 0 Å². The lowest BCUT2D eigenvalue weighted by Crippen LogP contribution is -2.02. The molecule has 5 heteroatoms. The zero-order chi connectivity index (χ0) is 12.4. The Hall–Kier alpha value is -1.06. The highest BCUT2D eigenvalue weighted by Crippen LogP contribution is 2.19. The monoisotopic (exact) mass is 272 g/mol. The summed E-state index contributed by atoms with van der Waals surface area (Å²) in [6, 6.07) is 4.61. The van der Waals surface area contributed by atoms with Crippen molar-refractivity contribution in [3.63, 3.8) is 0 Å². The van der Waals surface area contributed by atoms with Crippen molar-refractivity contribution in [3.05, 3.63) is 52.6 Å². The maximum absolute atomic E-state index is 13.5. The Labute approximate surface area is 109 Å². The molecule has 2 rings (SSSR count). The molecule has 1 aromatic heterocycles. The molecule has 0 fully saturated rings. The summed E-state index contributed by atoms with van der Waals surface area (Å²) in [7, 11) is 0. The SMILES string of the molecule is CC(Cl)c1cnn(Cc2ccc(Cl)cc2F)c1. The van der Waals surface area contributed by atoms with Crippen LogP contribution in [0.2, 0.25) is 5.02 Å². The molecule has 0 aliphatic heterocycles. The number of hydrogen-bond acceptors (Lipinski definition) is 1. The number of alkyl halides is 1. The number of halogens is 3. The van der Waals surface area contributed by atoms with Crippen LogP contribution in [0, 0.1) is 5.82 Å². The Bertz CT molecular complexity index is 523. The Kier molecular flexibility index (Phi) is 3.69. The van der Waals surface area contributed by atoms with Gasteiger partial charge >= 0.3 is 0 Å². The second-order valence-corrected chi connectivity index (χ2v) is 4.91. The molecular weight excluding hydrogens is 262 g/mol. The van der Waals surface area contributed by atoms with E-state index in [4.69, 9.17) is 23.2 Å². The summed E-state index contributed by atoms with van der Waals surface area (Å²) in [4.78, 5) is 0. The molecule has 0 saturated heterocycles. The summed E-state index contributed by atoms with van der Waals surface area (Å²) in [5.74, 6) is -0.325. The van der Waals surface area contributed by atoms with Crippen LogP contribution in [-0.2, 0) is 6.54 Å². The summed E-state index contributed by atoms with van der Waals surface area (Å²) in [6.07, 6.45) is 3.50. The molecule has 90 valence electrons. The highest BCUT2D eigenvalue weighted by Gasteiger charge is 2.07. The highest BCUT2D eigenvalue weighted by atomic mass is 35.5.